The van der Waals surface area contributed by atoms with E-state index < -0.39 is 6.04 Å². The summed E-state index contributed by atoms with van der Waals surface area (Å²) in [5.74, 6) is -0.100. The van der Waals surface area contributed by atoms with Crippen LogP contribution in [0.5, 0.6) is 0 Å². The fraction of sp³-hybridized carbons (Fsp3) is 0.333. The second-order valence-corrected chi connectivity index (χ2v) is 8.99. The molecule has 0 heterocycles. The van der Waals surface area contributed by atoms with Gasteiger partial charge in [-0.05, 0) is 43.4 Å². The van der Waals surface area contributed by atoms with E-state index in [2.05, 4.69) is 42.6 Å². The Morgan fingerprint density at radius 2 is 1.53 bits per heavy atom. The van der Waals surface area contributed by atoms with Crippen molar-refractivity contribution < 1.29 is 9.59 Å². The van der Waals surface area contributed by atoms with Crippen molar-refractivity contribution in [1.29, 1.82) is 0 Å². The lowest BCUT2D eigenvalue weighted by Crippen LogP contribution is -2.50. The third kappa shape index (κ3) is 7.58. The van der Waals surface area contributed by atoms with E-state index in [1.807, 2.05) is 62.4 Å². The van der Waals surface area contributed by atoms with E-state index in [1.54, 1.807) is 4.90 Å². The summed E-state index contributed by atoms with van der Waals surface area (Å²) in [7, 11) is 0. The lowest BCUT2D eigenvalue weighted by atomic mass is 10.0. The average molecular weight is 457 g/mol. The maximum absolute atomic E-state index is 13.6. The molecule has 34 heavy (non-hydrogen) atoms. The summed E-state index contributed by atoms with van der Waals surface area (Å²) in [6.45, 7) is 7.14. The molecule has 0 aliphatic carbocycles. The largest absolute Gasteiger partial charge is 0.354 e. The Hall–Kier alpha value is -3.40. The van der Waals surface area contributed by atoms with Gasteiger partial charge >= 0.3 is 0 Å². The zero-order valence-electron chi connectivity index (χ0n) is 20.6. The standard InChI is InChI=1S/C30H36N2O2/c1-4-19-31-30(34)28(21-26-10-6-5-7-11-26)32(22-27-12-8-9-24(3)20-27)29(33)18-17-25-15-13-23(2)14-16-25/h5-16,20,28H,4,17-19,21-22H2,1-3H3,(H,31,34)/t28-/m0/s1. The molecule has 4 nitrogen and oxygen atoms in total. The molecule has 0 aromatic heterocycles. The van der Waals surface area contributed by atoms with Crippen LogP contribution in [0.25, 0.3) is 0 Å². The van der Waals surface area contributed by atoms with Gasteiger partial charge in [0.2, 0.25) is 11.8 Å². The lowest BCUT2D eigenvalue weighted by molar-refractivity contribution is -0.141. The number of benzene rings is 3. The first-order chi connectivity index (χ1) is 16.5. The number of nitrogens with zero attached hydrogens (tertiary/aromatic N) is 1. The fourth-order valence-electron chi connectivity index (χ4n) is 4.08. The third-order valence-corrected chi connectivity index (χ3v) is 6.00. The van der Waals surface area contributed by atoms with Crippen molar-refractivity contribution in [2.45, 2.75) is 59.0 Å². The van der Waals surface area contributed by atoms with Crippen molar-refractivity contribution in [1.82, 2.24) is 10.2 Å². The number of nitrogens with one attached hydrogen (secondary N) is 1. The molecule has 3 aromatic rings. The molecule has 0 saturated heterocycles. The topological polar surface area (TPSA) is 49.4 Å². The molecule has 0 unspecified atom stereocenters. The highest BCUT2D eigenvalue weighted by Gasteiger charge is 2.30. The van der Waals surface area contributed by atoms with Crippen LogP contribution >= 0.6 is 0 Å². The van der Waals surface area contributed by atoms with Crippen LogP contribution in [0.1, 0.15) is 47.6 Å². The summed E-state index contributed by atoms with van der Waals surface area (Å²) in [6, 6.07) is 25.8. The molecule has 0 aliphatic heterocycles. The number of rotatable bonds is 11. The van der Waals surface area contributed by atoms with Gasteiger partial charge in [0.05, 0.1) is 0 Å². The van der Waals surface area contributed by atoms with Crippen LogP contribution in [-0.2, 0) is 29.0 Å². The van der Waals surface area contributed by atoms with Crippen molar-refractivity contribution in [3.8, 4) is 0 Å². The molecule has 4 heteroatoms. The van der Waals surface area contributed by atoms with Gasteiger partial charge in [-0.1, -0.05) is 96.9 Å². The zero-order valence-corrected chi connectivity index (χ0v) is 20.6. The molecule has 0 bridgehead atoms. The van der Waals surface area contributed by atoms with E-state index in [-0.39, 0.29) is 11.8 Å². The molecule has 1 N–H and O–H groups in total. The van der Waals surface area contributed by atoms with E-state index in [9.17, 15) is 9.59 Å². The zero-order chi connectivity index (χ0) is 24.3. The number of carbonyl (C=O) groups excluding carboxylic acids is 2. The monoisotopic (exact) mass is 456 g/mol. The minimum atomic E-state index is -0.569. The van der Waals surface area contributed by atoms with Crippen LogP contribution in [0.2, 0.25) is 0 Å². The van der Waals surface area contributed by atoms with E-state index in [0.717, 1.165) is 28.7 Å². The molecule has 0 radical (unpaired) electrons. The van der Waals surface area contributed by atoms with Crippen molar-refractivity contribution in [3.05, 3.63) is 107 Å². The number of aryl methyl sites for hydroxylation is 3. The van der Waals surface area contributed by atoms with Gasteiger partial charge in [0.25, 0.3) is 0 Å². The molecule has 0 spiro atoms. The summed E-state index contributed by atoms with van der Waals surface area (Å²) in [4.78, 5) is 28.7. The maximum Gasteiger partial charge on any atom is 0.243 e. The van der Waals surface area contributed by atoms with Crippen molar-refractivity contribution in [2.75, 3.05) is 6.54 Å². The highest BCUT2D eigenvalue weighted by Crippen LogP contribution is 2.18. The minimum absolute atomic E-state index is 0.00494. The third-order valence-electron chi connectivity index (χ3n) is 6.00. The van der Waals surface area contributed by atoms with Crippen LogP contribution < -0.4 is 5.32 Å². The van der Waals surface area contributed by atoms with E-state index in [0.29, 0.717) is 32.4 Å². The number of carbonyl (C=O) groups is 2. The summed E-state index contributed by atoms with van der Waals surface area (Å²) in [5, 5.41) is 3.03. The molecule has 0 aliphatic rings. The second-order valence-electron chi connectivity index (χ2n) is 8.99. The highest BCUT2D eigenvalue weighted by atomic mass is 16.2. The second kappa shape index (κ2) is 12.7. The SMILES string of the molecule is CCCNC(=O)[C@H](Cc1ccccc1)N(Cc1cccc(C)c1)C(=O)CCc1ccc(C)cc1. The van der Waals surface area contributed by atoms with Gasteiger partial charge in [0.15, 0.2) is 0 Å². The first-order valence-corrected chi connectivity index (χ1v) is 12.2. The lowest BCUT2D eigenvalue weighted by Gasteiger charge is -2.32. The quantitative estimate of drug-likeness (QED) is 0.420. The molecule has 3 rings (SSSR count). The van der Waals surface area contributed by atoms with Crippen molar-refractivity contribution in [2.24, 2.45) is 0 Å². The molecule has 1 atom stereocenters. The van der Waals surface area contributed by atoms with E-state index >= 15 is 0 Å². The summed E-state index contributed by atoms with van der Waals surface area (Å²) < 4.78 is 0. The van der Waals surface area contributed by atoms with Gasteiger partial charge < -0.3 is 10.2 Å². The average Bonchev–Trinajstić information content (AvgIpc) is 2.85. The van der Waals surface area contributed by atoms with Gasteiger partial charge in [-0.25, -0.2) is 0 Å². The van der Waals surface area contributed by atoms with Crippen LogP contribution in [0, 0.1) is 13.8 Å². The fourth-order valence-corrected chi connectivity index (χ4v) is 4.08. The Balaban J connectivity index is 1.88. The van der Waals surface area contributed by atoms with E-state index in [4.69, 9.17) is 0 Å². The number of hydrogen-bond acceptors (Lipinski definition) is 2. The Bertz CT molecular complexity index is 1060. The summed E-state index contributed by atoms with van der Waals surface area (Å²) in [5.41, 5.74) is 5.54. The first kappa shape index (κ1) is 25.2. The van der Waals surface area contributed by atoms with Gasteiger partial charge in [0, 0.05) is 25.9 Å². The molecule has 178 valence electrons. The summed E-state index contributed by atoms with van der Waals surface area (Å²) >= 11 is 0. The first-order valence-electron chi connectivity index (χ1n) is 12.2. The van der Waals surface area contributed by atoms with Crippen LogP contribution in [0.4, 0.5) is 0 Å². The van der Waals surface area contributed by atoms with Crippen LogP contribution in [0.15, 0.2) is 78.9 Å². The Labute approximate surface area is 204 Å². The summed E-state index contributed by atoms with van der Waals surface area (Å²) in [6.07, 6.45) is 2.35. The van der Waals surface area contributed by atoms with Crippen molar-refractivity contribution >= 4 is 11.8 Å². The predicted molar refractivity (Wildman–Crippen MR) is 138 cm³/mol. The molecule has 0 saturated carbocycles. The van der Waals surface area contributed by atoms with Crippen LogP contribution in [-0.4, -0.2) is 29.3 Å². The normalized spacial score (nSPS) is 11.6. The number of hydrogen-bond donors (Lipinski definition) is 1. The van der Waals surface area contributed by atoms with E-state index in [1.165, 1.54) is 5.56 Å². The van der Waals surface area contributed by atoms with Gasteiger partial charge in [-0.15, -0.1) is 0 Å². The van der Waals surface area contributed by atoms with Gasteiger partial charge in [-0.2, -0.15) is 0 Å². The molecular weight excluding hydrogens is 420 g/mol. The van der Waals surface area contributed by atoms with Gasteiger partial charge in [0.1, 0.15) is 6.04 Å². The Morgan fingerprint density at radius 3 is 2.21 bits per heavy atom. The minimum Gasteiger partial charge on any atom is -0.354 e. The Morgan fingerprint density at radius 1 is 0.824 bits per heavy atom. The molecule has 2 amide bonds. The molecule has 3 aromatic carbocycles. The Kier molecular flexibility index (Phi) is 9.45. The predicted octanol–water partition coefficient (Wildman–Crippen LogP) is 5.40. The number of amides is 2. The molecular formula is C30H36N2O2. The van der Waals surface area contributed by atoms with Crippen LogP contribution in [0.3, 0.4) is 0 Å². The van der Waals surface area contributed by atoms with Gasteiger partial charge in [-0.3, -0.25) is 9.59 Å². The maximum atomic E-state index is 13.6. The molecule has 0 fully saturated rings. The smallest absolute Gasteiger partial charge is 0.243 e. The highest BCUT2D eigenvalue weighted by molar-refractivity contribution is 5.88. The van der Waals surface area contributed by atoms with Crippen molar-refractivity contribution in [3.63, 3.8) is 0 Å².